The number of anilines is 1. The van der Waals surface area contributed by atoms with Crippen LogP contribution in [0.15, 0.2) is 54.0 Å². The van der Waals surface area contributed by atoms with Crippen LogP contribution in [-0.4, -0.2) is 39.9 Å². The fraction of sp³-hybridized carbons (Fsp3) is 0.250. The standard InChI is InChI=1S/C24H23N5O3S/c1-15(2)29-22-19(14-26-29)18(12-20(27-22)21-7-4-10-33-21)23(30)25-13-16-5-3-6-17(11-16)28-8-9-32-24(28)31/h3-7,10-12,14-15H,8-9,13H2,1-2H3,(H,25,30). The Balaban J connectivity index is 1.43. The molecular weight excluding hydrogens is 438 g/mol. The van der Waals surface area contributed by atoms with Gasteiger partial charge < -0.3 is 10.1 Å². The van der Waals surface area contributed by atoms with Crippen molar-refractivity contribution in [1.82, 2.24) is 20.1 Å². The lowest BCUT2D eigenvalue weighted by Crippen LogP contribution is -2.25. The maximum absolute atomic E-state index is 13.3. The number of carbonyl (C=O) groups is 2. The molecule has 0 radical (unpaired) electrons. The zero-order valence-electron chi connectivity index (χ0n) is 18.3. The Hall–Kier alpha value is -3.72. The number of hydrogen-bond acceptors (Lipinski definition) is 6. The smallest absolute Gasteiger partial charge is 0.414 e. The number of aromatic nitrogens is 3. The Morgan fingerprint density at radius 3 is 2.85 bits per heavy atom. The van der Waals surface area contributed by atoms with E-state index in [0.29, 0.717) is 30.9 Å². The van der Waals surface area contributed by atoms with Crippen LogP contribution in [0.25, 0.3) is 21.6 Å². The molecule has 1 saturated heterocycles. The number of thiophene rings is 1. The monoisotopic (exact) mass is 461 g/mol. The van der Waals surface area contributed by atoms with Crippen molar-refractivity contribution >= 4 is 40.1 Å². The first-order chi connectivity index (χ1) is 16.0. The van der Waals surface area contributed by atoms with E-state index in [1.807, 2.05) is 66.4 Å². The van der Waals surface area contributed by atoms with Crippen molar-refractivity contribution < 1.29 is 14.3 Å². The van der Waals surface area contributed by atoms with Gasteiger partial charge in [0, 0.05) is 18.3 Å². The van der Waals surface area contributed by atoms with Crippen LogP contribution in [-0.2, 0) is 11.3 Å². The van der Waals surface area contributed by atoms with Gasteiger partial charge in [-0.1, -0.05) is 18.2 Å². The molecule has 2 amide bonds. The number of carbonyl (C=O) groups excluding carboxylic acids is 2. The molecule has 4 aromatic rings. The second-order valence-electron chi connectivity index (χ2n) is 8.07. The van der Waals surface area contributed by atoms with Gasteiger partial charge in [-0.3, -0.25) is 9.69 Å². The number of nitrogens with zero attached hydrogens (tertiary/aromatic N) is 4. The average molecular weight is 462 g/mol. The molecule has 9 heteroatoms. The van der Waals surface area contributed by atoms with Crippen LogP contribution in [0.5, 0.6) is 0 Å². The number of hydrogen-bond donors (Lipinski definition) is 1. The Labute approximate surface area is 194 Å². The van der Waals surface area contributed by atoms with Gasteiger partial charge in [0.05, 0.1) is 34.3 Å². The third-order valence-corrected chi connectivity index (χ3v) is 6.40. The number of nitrogens with one attached hydrogen (secondary N) is 1. The molecule has 3 aromatic heterocycles. The van der Waals surface area contributed by atoms with Crippen LogP contribution in [0.4, 0.5) is 10.5 Å². The van der Waals surface area contributed by atoms with Gasteiger partial charge in [0.1, 0.15) is 6.61 Å². The SMILES string of the molecule is CC(C)n1ncc2c(C(=O)NCc3cccc(N4CCOC4=O)c3)cc(-c3cccs3)nc21. The third kappa shape index (κ3) is 4.07. The number of cyclic esters (lactones) is 1. The molecule has 5 rings (SSSR count). The lowest BCUT2D eigenvalue weighted by atomic mass is 10.1. The first-order valence-corrected chi connectivity index (χ1v) is 11.6. The molecule has 4 heterocycles. The summed E-state index contributed by atoms with van der Waals surface area (Å²) >= 11 is 1.58. The molecule has 1 aliphatic heterocycles. The fourth-order valence-corrected chi connectivity index (χ4v) is 4.56. The predicted molar refractivity (Wildman–Crippen MR) is 128 cm³/mol. The molecule has 1 fully saturated rings. The Morgan fingerprint density at radius 1 is 1.24 bits per heavy atom. The van der Waals surface area contributed by atoms with Crippen LogP contribution in [0.1, 0.15) is 35.8 Å². The summed E-state index contributed by atoms with van der Waals surface area (Å²) in [5, 5.41) is 10.2. The lowest BCUT2D eigenvalue weighted by molar-refractivity contribution is 0.0952. The van der Waals surface area contributed by atoms with Gasteiger partial charge in [-0.05, 0) is 49.1 Å². The van der Waals surface area contributed by atoms with Crippen molar-refractivity contribution in [3.05, 3.63) is 65.2 Å². The van der Waals surface area contributed by atoms with E-state index in [1.165, 1.54) is 0 Å². The zero-order chi connectivity index (χ0) is 22.9. The zero-order valence-corrected chi connectivity index (χ0v) is 19.1. The summed E-state index contributed by atoms with van der Waals surface area (Å²) in [5.41, 5.74) is 3.63. The van der Waals surface area contributed by atoms with Crippen molar-refractivity contribution in [3.63, 3.8) is 0 Å². The molecule has 33 heavy (non-hydrogen) atoms. The number of amides is 2. The summed E-state index contributed by atoms with van der Waals surface area (Å²) in [4.78, 5) is 32.5. The fourth-order valence-electron chi connectivity index (χ4n) is 3.87. The van der Waals surface area contributed by atoms with Gasteiger partial charge >= 0.3 is 6.09 Å². The number of benzene rings is 1. The highest BCUT2D eigenvalue weighted by Gasteiger charge is 2.24. The van der Waals surface area contributed by atoms with Crippen LogP contribution in [0, 0.1) is 0 Å². The first-order valence-electron chi connectivity index (χ1n) is 10.7. The number of fused-ring (bicyclic) bond motifs is 1. The van der Waals surface area contributed by atoms with E-state index in [9.17, 15) is 9.59 Å². The highest BCUT2D eigenvalue weighted by Crippen LogP contribution is 2.29. The van der Waals surface area contributed by atoms with Crippen LogP contribution in [0.2, 0.25) is 0 Å². The largest absolute Gasteiger partial charge is 0.447 e. The van der Waals surface area contributed by atoms with Gasteiger partial charge in [-0.25, -0.2) is 14.5 Å². The molecule has 1 aromatic carbocycles. The van der Waals surface area contributed by atoms with E-state index in [1.54, 1.807) is 22.4 Å². The van der Waals surface area contributed by atoms with Crippen molar-refractivity contribution in [2.24, 2.45) is 0 Å². The van der Waals surface area contributed by atoms with Gasteiger partial charge in [0.25, 0.3) is 5.91 Å². The van der Waals surface area contributed by atoms with Crippen LogP contribution in [0.3, 0.4) is 0 Å². The molecule has 0 atom stereocenters. The van der Waals surface area contributed by atoms with E-state index in [2.05, 4.69) is 10.4 Å². The maximum Gasteiger partial charge on any atom is 0.414 e. The summed E-state index contributed by atoms with van der Waals surface area (Å²) in [6.45, 7) is 5.30. The summed E-state index contributed by atoms with van der Waals surface area (Å²) in [7, 11) is 0. The van der Waals surface area contributed by atoms with Crippen molar-refractivity contribution in [3.8, 4) is 10.6 Å². The first kappa shape index (κ1) is 21.1. The lowest BCUT2D eigenvalue weighted by Gasteiger charge is -2.14. The van der Waals surface area contributed by atoms with E-state index >= 15 is 0 Å². The molecule has 1 aliphatic rings. The number of rotatable bonds is 6. The Bertz CT molecular complexity index is 1330. The summed E-state index contributed by atoms with van der Waals surface area (Å²) in [6.07, 6.45) is 1.35. The van der Waals surface area contributed by atoms with Gasteiger partial charge in [-0.2, -0.15) is 5.10 Å². The highest BCUT2D eigenvalue weighted by atomic mass is 32.1. The molecule has 0 unspecified atom stereocenters. The number of ether oxygens (including phenoxy) is 1. The minimum atomic E-state index is -0.348. The predicted octanol–water partition coefficient (Wildman–Crippen LogP) is 4.63. The second kappa shape index (κ2) is 8.67. The van der Waals surface area contributed by atoms with Crippen molar-refractivity contribution in [1.29, 1.82) is 0 Å². The van der Waals surface area contributed by atoms with Gasteiger partial charge in [0.2, 0.25) is 0 Å². The van der Waals surface area contributed by atoms with E-state index in [0.717, 1.165) is 27.2 Å². The Kier molecular flexibility index (Phi) is 5.55. The molecule has 0 saturated carbocycles. The molecule has 0 spiro atoms. The quantitative estimate of drug-likeness (QED) is 0.452. The number of pyridine rings is 1. The highest BCUT2D eigenvalue weighted by molar-refractivity contribution is 7.13. The Morgan fingerprint density at radius 2 is 2.12 bits per heavy atom. The third-order valence-electron chi connectivity index (χ3n) is 5.51. The summed E-state index contributed by atoms with van der Waals surface area (Å²) in [5.74, 6) is -0.200. The van der Waals surface area contributed by atoms with E-state index in [4.69, 9.17) is 9.72 Å². The average Bonchev–Trinajstić information content (AvgIpc) is 3.57. The maximum atomic E-state index is 13.3. The van der Waals surface area contributed by atoms with Crippen molar-refractivity contribution in [2.75, 3.05) is 18.1 Å². The molecular formula is C24H23N5O3S. The summed E-state index contributed by atoms with van der Waals surface area (Å²) < 4.78 is 6.86. The minimum absolute atomic E-state index is 0.115. The summed E-state index contributed by atoms with van der Waals surface area (Å²) in [6, 6.07) is 13.4. The van der Waals surface area contributed by atoms with E-state index in [-0.39, 0.29) is 18.0 Å². The molecule has 168 valence electrons. The minimum Gasteiger partial charge on any atom is -0.447 e. The van der Waals surface area contributed by atoms with E-state index < -0.39 is 0 Å². The van der Waals surface area contributed by atoms with Crippen molar-refractivity contribution in [2.45, 2.75) is 26.4 Å². The van der Waals surface area contributed by atoms with Crippen LogP contribution < -0.4 is 10.2 Å². The topological polar surface area (TPSA) is 89.4 Å². The molecule has 0 bridgehead atoms. The second-order valence-corrected chi connectivity index (χ2v) is 9.02. The van der Waals surface area contributed by atoms with Gasteiger partial charge in [-0.15, -0.1) is 11.3 Å². The van der Waals surface area contributed by atoms with Gasteiger partial charge in [0.15, 0.2) is 5.65 Å². The normalized spacial score (nSPS) is 13.7. The molecule has 1 N–H and O–H groups in total. The van der Waals surface area contributed by atoms with Crippen LogP contribution >= 0.6 is 11.3 Å². The molecule has 0 aliphatic carbocycles. The molecule has 8 nitrogen and oxygen atoms in total.